The maximum atomic E-state index is 3.19. The number of benzene rings is 1. The van der Waals surface area contributed by atoms with Gasteiger partial charge in [0.25, 0.3) is 0 Å². The zero-order valence-corrected chi connectivity index (χ0v) is 10.4. The number of fused-ring (bicyclic) bond motifs is 1. The Morgan fingerprint density at radius 2 is 2.33 bits per heavy atom. The predicted octanol–water partition coefficient (Wildman–Crippen LogP) is 3.05. The summed E-state index contributed by atoms with van der Waals surface area (Å²) in [5.41, 5.74) is 3.07. The van der Waals surface area contributed by atoms with Crippen LogP contribution in [0.5, 0.6) is 0 Å². The van der Waals surface area contributed by atoms with Crippen LogP contribution < -0.4 is 5.32 Å². The van der Waals surface area contributed by atoms with Crippen LogP contribution in [-0.2, 0) is 6.42 Å². The molecule has 2 rings (SSSR count). The molecule has 0 saturated carbocycles. The summed E-state index contributed by atoms with van der Waals surface area (Å²) in [6, 6.07) is 7.01. The van der Waals surface area contributed by atoms with Crippen LogP contribution in [0.15, 0.2) is 23.1 Å². The first-order valence-corrected chi connectivity index (χ1v) is 6.70. The Balaban J connectivity index is 2.05. The fraction of sp³-hybridized carbons (Fsp3) is 0.538. The summed E-state index contributed by atoms with van der Waals surface area (Å²) >= 11 is 2.00. The zero-order chi connectivity index (χ0) is 10.7. The second-order valence-electron chi connectivity index (χ2n) is 4.29. The molecule has 0 aromatic heterocycles. The van der Waals surface area contributed by atoms with Crippen LogP contribution in [0.1, 0.15) is 30.4 Å². The molecular weight excluding hydrogens is 202 g/mol. The van der Waals surface area contributed by atoms with Crippen molar-refractivity contribution < 1.29 is 0 Å². The highest BCUT2D eigenvalue weighted by Gasteiger charge is 2.18. The topological polar surface area (TPSA) is 12.0 Å². The van der Waals surface area contributed by atoms with Crippen molar-refractivity contribution in [2.75, 3.05) is 19.3 Å². The van der Waals surface area contributed by atoms with Crippen LogP contribution in [0, 0.1) is 0 Å². The first-order chi connectivity index (χ1) is 7.31. The van der Waals surface area contributed by atoms with E-state index in [0.717, 1.165) is 12.5 Å². The average Bonchev–Trinajstić information content (AvgIpc) is 2.61. The third-order valence-corrected chi connectivity index (χ3v) is 4.34. The summed E-state index contributed by atoms with van der Waals surface area (Å²) in [6.07, 6.45) is 2.43. The van der Waals surface area contributed by atoms with Crippen LogP contribution in [0.4, 0.5) is 0 Å². The van der Waals surface area contributed by atoms with Crippen LogP contribution in [0.2, 0.25) is 0 Å². The number of aryl methyl sites for hydroxylation is 1. The third-order valence-electron chi connectivity index (χ3n) is 2.99. The average molecular weight is 221 g/mol. The van der Waals surface area contributed by atoms with Gasteiger partial charge in [-0.25, -0.2) is 0 Å². The van der Waals surface area contributed by atoms with Gasteiger partial charge in [-0.1, -0.05) is 19.1 Å². The summed E-state index contributed by atoms with van der Waals surface area (Å²) in [4.78, 5) is 1.50. The van der Waals surface area contributed by atoms with Crippen molar-refractivity contribution in [3.8, 4) is 0 Å². The molecule has 1 N–H and O–H groups in total. The quantitative estimate of drug-likeness (QED) is 0.784. The van der Waals surface area contributed by atoms with E-state index in [4.69, 9.17) is 0 Å². The van der Waals surface area contributed by atoms with E-state index >= 15 is 0 Å². The maximum Gasteiger partial charge on any atom is 0.0107 e. The smallest absolute Gasteiger partial charge is 0.0107 e. The van der Waals surface area contributed by atoms with Crippen molar-refractivity contribution in [1.29, 1.82) is 0 Å². The number of hydrogen-bond acceptors (Lipinski definition) is 2. The molecule has 0 amide bonds. The Hall–Kier alpha value is -0.470. The fourth-order valence-electron chi connectivity index (χ4n) is 2.04. The molecule has 2 heteroatoms. The van der Waals surface area contributed by atoms with Crippen molar-refractivity contribution in [2.45, 2.75) is 30.6 Å². The van der Waals surface area contributed by atoms with Crippen LogP contribution >= 0.6 is 11.8 Å². The van der Waals surface area contributed by atoms with Gasteiger partial charge in [0.1, 0.15) is 0 Å². The minimum absolute atomic E-state index is 0.745. The highest BCUT2D eigenvalue weighted by Crippen LogP contribution is 2.39. The molecule has 0 saturated heterocycles. The summed E-state index contributed by atoms with van der Waals surface area (Å²) in [5.74, 6) is 2.00. The lowest BCUT2D eigenvalue weighted by Crippen LogP contribution is -2.08. The summed E-state index contributed by atoms with van der Waals surface area (Å²) in [7, 11) is 2.02. The molecule has 0 bridgehead atoms. The molecule has 0 aliphatic carbocycles. The van der Waals surface area contributed by atoms with E-state index in [9.17, 15) is 0 Å². The van der Waals surface area contributed by atoms with E-state index < -0.39 is 0 Å². The van der Waals surface area contributed by atoms with Crippen molar-refractivity contribution in [2.24, 2.45) is 0 Å². The van der Waals surface area contributed by atoms with Gasteiger partial charge in [0.15, 0.2) is 0 Å². The molecule has 0 radical (unpaired) electrons. The monoisotopic (exact) mass is 221 g/mol. The van der Waals surface area contributed by atoms with Crippen LogP contribution in [0.25, 0.3) is 0 Å². The molecular formula is C13H19NS. The minimum Gasteiger partial charge on any atom is -0.320 e. The molecule has 1 aromatic carbocycles. The minimum atomic E-state index is 0.745. The molecule has 0 fully saturated rings. The summed E-state index contributed by atoms with van der Waals surface area (Å²) in [5, 5.41) is 3.19. The Bertz CT molecular complexity index is 335. The van der Waals surface area contributed by atoms with Crippen LogP contribution in [0.3, 0.4) is 0 Å². The van der Waals surface area contributed by atoms with Gasteiger partial charge in [-0.05, 0) is 49.5 Å². The largest absolute Gasteiger partial charge is 0.320 e. The van der Waals surface area contributed by atoms with E-state index in [1.54, 1.807) is 5.56 Å². The molecule has 1 aromatic rings. The highest BCUT2D eigenvalue weighted by molar-refractivity contribution is 7.99. The van der Waals surface area contributed by atoms with Gasteiger partial charge in [0.2, 0.25) is 0 Å². The second-order valence-corrected chi connectivity index (χ2v) is 5.35. The van der Waals surface area contributed by atoms with E-state index in [1.807, 2.05) is 18.8 Å². The van der Waals surface area contributed by atoms with E-state index in [-0.39, 0.29) is 0 Å². The summed E-state index contributed by atoms with van der Waals surface area (Å²) in [6.45, 7) is 3.44. The Labute approximate surface area is 96.7 Å². The highest BCUT2D eigenvalue weighted by atomic mass is 32.2. The maximum absolute atomic E-state index is 3.19. The molecule has 15 heavy (non-hydrogen) atoms. The molecule has 0 spiro atoms. The lowest BCUT2D eigenvalue weighted by Gasteiger charge is -2.07. The molecule has 1 aliphatic rings. The lowest BCUT2D eigenvalue weighted by molar-refractivity contribution is 0.723. The second kappa shape index (κ2) is 5.04. The molecule has 1 unspecified atom stereocenters. The van der Waals surface area contributed by atoms with Crippen molar-refractivity contribution >= 4 is 11.8 Å². The first-order valence-electron chi connectivity index (χ1n) is 5.71. The van der Waals surface area contributed by atoms with Gasteiger partial charge in [0.05, 0.1) is 0 Å². The van der Waals surface area contributed by atoms with Gasteiger partial charge in [-0.2, -0.15) is 0 Å². The zero-order valence-electron chi connectivity index (χ0n) is 9.55. The van der Waals surface area contributed by atoms with E-state index in [1.165, 1.54) is 29.1 Å². The van der Waals surface area contributed by atoms with Gasteiger partial charge < -0.3 is 5.32 Å². The summed E-state index contributed by atoms with van der Waals surface area (Å²) < 4.78 is 0. The normalized spacial score (nSPS) is 19.2. The van der Waals surface area contributed by atoms with E-state index in [0.29, 0.717) is 0 Å². The fourth-order valence-corrected chi connectivity index (χ4v) is 3.24. The van der Waals surface area contributed by atoms with Crippen molar-refractivity contribution in [1.82, 2.24) is 5.32 Å². The Morgan fingerprint density at radius 3 is 3.13 bits per heavy atom. The Kier molecular flexibility index (Phi) is 3.71. The van der Waals surface area contributed by atoms with Gasteiger partial charge in [-0.3, -0.25) is 0 Å². The standard InChI is InChI=1S/C13H19NS/c1-10-9-15-13-6-5-11(8-12(10)13)4-3-7-14-2/h5-6,8,10,14H,3-4,7,9H2,1-2H3. The molecule has 1 nitrogen and oxygen atoms in total. The number of hydrogen-bond donors (Lipinski definition) is 1. The third kappa shape index (κ3) is 2.56. The number of thioether (sulfide) groups is 1. The molecule has 82 valence electrons. The molecule has 1 atom stereocenters. The molecule has 1 aliphatic heterocycles. The van der Waals surface area contributed by atoms with Gasteiger partial charge >= 0.3 is 0 Å². The van der Waals surface area contributed by atoms with Crippen molar-refractivity contribution in [3.63, 3.8) is 0 Å². The SMILES string of the molecule is CNCCCc1ccc2c(c1)C(C)CS2. The lowest BCUT2D eigenvalue weighted by atomic mass is 9.99. The molecule has 1 heterocycles. The van der Waals surface area contributed by atoms with Crippen molar-refractivity contribution in [3.05, 3.63) is 29.3 Å². The number of rotatable bonds is 4. The predicted molar refractivity (Wildman–Crippen MR) is 67.8 cm³/mol. The van der Waals surface area contributed by atoms with E-state index in [2.05, 4.69) is 30.4 Å². The van der Waals surface area contributed by atoms with Crippen LogP contribution in [-0.4, -0.2) is 19.3 Å². The van der Waals surface area contributed by atoms with Gasteiger partial charge in [0, 0.05) is 10.6 Å². The first kappa shape index (κ1) is 11.0. The Morgan fingerprint density at radius 1 is 1.47 bits per heavy atom. The number of nitrogens with one attached hydrogen (secondary N) is 1. The van der Waals surface area contributed by atoms with Gasteiger partial charge in [-0.15, -0.1) is 11.8 Å².